The van der Waals surface area contributed by atoms with E-state index in [1.54, 1.807) is 18.5 Å². The van der Waals surface area contributed by atoms with E-state index in [1.165, 1.54) is 11.3 Å². The van der Waals surface area contributed by atoms with Crippen LogP contribution in [0.1, 0.15) is 9.67 Å². The summed E-state index contributed by atoms with van der Waals surface area (Å²) >= 11 is 1.27. The number of primary amides is 1. The first kappa shape index (κ1) is 8.00. The molecule has 0 bridgehead atoms. The summed E-state index contributed by atoms with van der Waals surface area (Å²) in [6.45, 7) is 0. The van der Waals surface area contributed by atoms with Gasteiger partial charge in [-0.15, -0.1) is 11.3 Å². The van der Waals surface area contributed by atoms with E-state index >= 15 is 0 Å². The van der Waals surface area contributed by atoms with Crippen molar-refractivity contribution in [1.29, 1.82) is 0 Å². The van der Waals surface area contributed by atoms with E-state index in [0.29, 0.717) is 10.6 Å². The molecule has 0 unspecified atom stereocenters. The van der Waals surface area contributed by atoms with Gasteiger partial charge in [-0.25, -0.2) is 0 Å². The van der Waals surface area contributed by atoms with Crippen LogP contribution >= 0.6 is 11.3 Å². The fourth-order valence-electron chi connectivity index (χ4n) is 1.15. The van der Waals surface area contributed by atoms with Gasteiger partial charge in [0.05, 0.1) is 10.4 Å². The smallest absolute Gasteiger partial charge is 0.260 e. The van der Waals surface area contributed by atoms with Crippen molar-refractivity contribution in [3.8, 4) is 0 Å². The van der Waals surface area contributed by atoms with Crippen molar-refractivity contribution in [3.63, 3.8) is 0 Å². The third kappa shape index (κ3) is 1.13. The summed E-state index contributed by atoms with van der Waals surface area (Å²) in [4.78, 5) is 15.3. The maximum atomic E-state index is 10.9. The second-order valence-corrected chi connectivity index (χ2v) is 3.63. The molecule has 4 N–H and O–H groups in total. The number of nitrogens with zero attached hydrogens (tertiary/aromatic N) is 1. The molecule has 0 atom stereocenters. The van der Waals surface area contributed by atoms with Gasteiger partial charge in [-0.1, -0.05) is 0 Å². The van der Waals surface area contributed by atoms with E-state index in [2.05, 4.69) is 4.98 Å². The quantitative estimate of drug-likeness (QED) is 0.708. The van der Waals surface area contributed by atoms with Gasteiger partial charge in [-0.2, -0.15) is 0 Å². The van der Waals surface area contributed by atoms with E-state index in [0.717, 1.165) is 10.1 Å². The zero-order valence-electron chi connectivity index (χ0n) is 6.65. The van der Waals surface area contributed by atoms with Crippen molar-refractivity contribution >= 4 is 33.0 Å². The van der Waals surface area contributed by atoms with Crippen molar-refractivity contribution < 1.29 is 4.79 Å². The summed E-state index contributed by atoms with van der Waals surface area (Å²) in [5.74, 6) is -0.487. The van der Waals surface area contributed by atoms with Crippen molar-refractivity contribution in [3.05, 3.63) is 23.3 Å². The number of anilines is 1. The van der Waals surface area contributed by atoms with Gasteiger partial charge in [-0.05, 0) is 6.07 Å². The number of pyridine rings is 1. The largest absolute Gasteiger partial charge is 0.397 e. The predicted octanol–water partition coefficient (Wildman–Crippen LogP) is 0.977. The van der Waals surface area contributed by atoms with Crippen LogP contribution in [0.3, 0.4) is 0 Å². The van der Waals surface area contributed by atoms with Gasteiger partial charge in [-0.3, -0.25) is 9.78 Å². The number of fused-ring (bicyclic) bond motifs is 1. The maximum Gasteiger partial charge on any atom is 0.260 e. The highest BCUT2D eigenvalue weighted by Gasteiger charge is 2.12. The van der Waals surface area contributed by atoms with Crippen LogP contribution in [-0.4, -0.2) is 10.9 Å². The Morgan fingerprint density at radius 3 is 2.92 bits per heavy atom. The lowest BCUT2D eigenvalue weighted by Gasteiger charge is -1.91. The van der Waals surface area contributed by atoms with Gasteiger partial charge in [0.2, 0.25) is 0 Å². The normalized spacial score (nSPS) is 10.5. The molecular formula is C8H7N3OS. The Hall–Kier alpha value is -1.62. The highest BCUT2D eigenvalue weighted by atomic mass is 32.1. The molecule has 0 fully saturated rings. The minimum atomic E-state index is -0.487. The molecule has 0 aromatic carbocycles. The lowest BCUT2D eigenvalue weighted by atomic mass is 10.2. The van der Waals surface area contributed by atoms with Gasteiger partial charge < -0.3 is 11.5 Å². The number of amides is 1. The molecule has 2 aromatic heterocycles. The molecule has 66 valence electrons. The van der Waals surface area contributed by atoms with Gasteiger partial charge in [0.15, 0.2) is 0 Å². The molecule has 4 nitrogen and oxygen atoms in total. The third-order valence-electron chi connectivity index (χ3n) is 1.76. The van der Waals surface area contributed by atoms with Crippen LogP contribution in [0.2, 0.25) is 0 Å². The SMILES string of the molecule is NC(=O)c1sc2cnccc2c1N. The number of carbonyl (C=O) groups excluding carboxylic acids is 1. The Kier molecular flexibility index (Phi) is 1.66. The number of carbonyl (C=O) groups is 1. The van der Waals surface area contributed by atoms with Crippen molar-refractivity contribution in [1.82, 2.24) is 4.98 Å². The van der Waals surface area contributed by atoms with E-state index in [-0.39, 0.29) is 0 Å². The van der Waals surface area contributed by atoms with Crippen molar-refractivity contribution in [2.45, 2.75) is 0 Å². The predicted molar refractivity (Wildman–Crippen MR) is 52.6 cm³/mol. The van der Waals surface area contributed by atoms with E-state index in [4.69, 9.17) is 11.5 Å². The molecule has 0 aliphatic heterocycles. The first-order valence-electron chi connectivity index (χ1n) is 3.62. The molecule has 1 amide bonds. The van der Waals surface area contributed by atoms with Crippen LogP contribution < -0.4 is 11.5 Å². The highest BCUT2D eigenvalue weighted by Crippen LogP contribution is 2.32. The topological polar surface area (TPSA) is 82.0 Å². The van der Waals surface area contributed by atoms with Crippen molar-refractivity contribution in [2.24, 2.45) is 5.73 Å². The molecule has 0 radical (unpaired) electrons. The molecule has 2 aromatic rings. The summed E-state index contributed by atoms with van der Waals surface area (Å²) in [7, 11) is 0. The number of thiophene rings is 1. The molecule has 0 aliphatic rings. The minimum absolute atomic E-state index is 0.406. The zero-order chi connectivity index (χ0) is 9.42. The fraction of sp³-hybridized carbons (Fsp3) is 0. The van der Waals surface area contributed by atoms with E-state index < -0.39 is 5.91 Å². The third-order valence-corrected chi connectivity index (χ3v) is 2.93. The number of rotatable bonds is 1. The second-order valence-electron chi connectivity index (χ2n) is 2.58. The number of nitrogen functional groups attached to an aromatic ring is 1. The van der Waals surface area contributed by atoms with Crippen LogP contribution in [0.15, 0.2) is 18.5 Å². The molecule has 5 heteroatoms. The lowest BCUT2D eigenvalue weighted by Crippen LogP contribution is -2.10. The average Bonchev–Trinajstić information content (AvgIpc) is 2.45. The van der Waals surface area contributed by atoms with Crippen LogP contribution in [0.5, 0.6) is 0 Å². The first-order valence-corrected chi connectivity index (χ1v) is 4.43. The molecular weight excluding hydrogens is 186 g/mol. The number of hydrogen-bond donors (Lipinski definition) is 2. The number of hydrogen-bond acceptors (Lipinski definition) is 4. The molecule has 0 saturated heterocycles. The average molecular weight is 193 g/mol. The molecule has 0 aliphatic carbocycles. The van der Waals surface area contributed by atoms with Gasteiger partial charge >= 0.3 is 0 Å². The van der Waals surface area contributed by atoms with Gasteiger partial charge in [0, 0.05) is 17.8 Å². The van der Waals surface area contributed by atoms with Crippen molar-refractivity contribution in [2.75, 3.05) is 5.73 Å². The molecule has 0 spiro atoms. The summed E-state index contributed by atoms with van der Waals surface area (Å²) < 4.78 is 0.883. The highest BCUT2D eigenvalue weighted by molar-refractivity contribution is 7.21. The van der Waals surface area contributed by atoms with Gasteiger partial charge in [0.1, 0.15) is 4.88 Å². The number of aromatic nitrogens is 1. The second kappa shape index (κ2) is 2.70. The first-order chi connectivity index (χ1) is 6.20. The monoisotopic (exact) mass is 193 g/mol. The number of nitrogens with two attached hydrogens (primary N) is 2. The Balaban J connectivity index is 2.81. The zero-order valence-corrected chi connectivity index (χ0v) is 7.47. The Bertz CT molecular complexity index is 477. The van der Waals surface area contributed by atoms with Crippen LogP contribution in [0.4, 0.5) is 5.69 Å². The summed E-state index contributed by atoms with van der Waals surface area (Å²) in [5.41, 5.74) is 11.3. The summed E-state index contributed by atoms with van der Waals surface area (Å²) in [6, 6.07) is 1.77. The van der Waals surface area contributed by atoms with Crippen LogP contribution in [-0.2, 0) is 0 Å². The maximum absolute atomic E-state index is 10.9. The van der Waals surface area contributed by atoms with Crippen LogP contribution in [0, 0.1) is 0 Å². The van der Waals surface area contributed by atoms with E-state index in [9.17, 15) is 4.79 Å². The standard InChI is InChI=1S/C8H7N3OS/c9-6-4-1-2-11-3-5(4)13-7(6)8(10)12/h1-3H,9H2,(H2,10,12). The summed E-state index contributed by atoms with van der Waals surface area (Å²) in [6.07, 6.45) is 3.30. The fourth-order valence-corrected chi connectivity index (χ4v) is 2.10. The van der Waals surface area contributed by atoms with Gasteiger partial charge in [0.25, 0.3) is 5.91 Å². The summed E-state index contributed by atoms with van der Waals surface area (Å²) in [5, 5.41) is 0.841. The minimum Gasteiger partial charge on any atom is -0.397 e. The molecule has 2 rings (SSSR count). The molecule has 0 saturated carbocycles. The lowest BCUT2D eigenvalue weighted by molar-refractivity contribution is 0.100. The van der Waals surface area contributed by atoms with E-state index in [1.807, 2.05) is 0 Å². The molecule has 13 heavy (non-hydrogen) atoms. The Labute approximate surface area is 78.2 Å². The Morgan fingerprint density at radius 2 is 2.31 bits per heavy atom. The molecule has 2 heterocycles. The Morgan fingerprint density at radius 1 is 1.54 bits per heavy atom. The van der Waals surface area contributed by atoms with Crippen LogP contribution in [0.25, 0.3) is 10.1 Å².